The fourth-order valence-electron chi connectivity index (χ4n) is 1.33. The normalized spacial score (nSPS) is 10.6. The summed E-state index contributed by atoms with van der Waals surface area (Å²) in [5, 5.41) is 15.7. The maximum absolute atomic E-state index is 8.57. The highest BCUT2D eigenvalue weighted by atomic mass is 15.1. The molecule has 3 N–H and O–H groups in total. The Kier molecular flexibility index (Phi) is 4.10. The summed E-state index contributed by atoms with van der Waals surface area (Å²) in [6.45, 7) is 0.351. The molecule has 0 spiro atoms. The van der Waals surface area contributed by atoms with E-state index in [1.54, 1.807) is 0 Å². The van der Waals surface area contributed by atoms with Gasteiger partial charge in [0.2, 0.25) is 0 Å². The number of hydrogen-bond acceptors (Lipinski definition) is 4. The van der Waals surface area contributed by atoms with Crippen molar-refractivity contribution in [1.82, 2.24) is 0 Å². The number of nitriles is 1. The van der Waals surface area contributed by atoms with E-state index in [1.165, 1.54) is 12.4 Å². The molecule has 82 valence electrons. The second-order valence-electron chi connectivity index (χ2n) is 3.33. The average Bonchev–Trinajstić information content (AvgIpc) is 2.32. The largest absolute Gasteiger partial charge is 0.404 e. The van der Waals surface area contributed by atoms with Crippen molar-refractivity contribution in [3.8, 4) is 6.07 Å². The lowest BCUT2D eigenvalue weighted by Gasteiger charge is -2.15. The molecular weight excluding hydrogens is 200 g/mol. The topological polar surface area (TPSA) is 76.9 Å². The molecule has 0 unspecified atom stereocenters. The summed E-state index contributed by atoms with van der Waals surface area (Å²) in [7, 11) is 1.86. The highest BCUT2D eigenvalue weighted by Gasteiger charge is 2.01. The molecule has 0 aliphatic rings. The quantitative estimate of drug-likeness (QED) is 0.590. The molecule has 0 amide bonds. The van der Waals surface area contributed by atoms with E-state index in [0.29, 0.717) is 12.1 Å². The summed E-state index contributed by atoms with van der Waals surface area (Å²) in [5.41, 5.74) is 7.93. The Morgan fingerprint density at radius 3 is 2.56 bits per heavy atom. The molecular formula is C12H14N4. The van der Waals surface area contributed by atoms with Crippen molar-refractivity contribution >= 4 is 17.5 Å². The Morgan fingerprint density at radius 2 is 2.12 bits per heavy atom. The number of nitrogens with one attached hydrogen (secondary N) is 1. The lowest BCUT2D eigenvalue weighted by Crippen LogP contribution is -2.16. The zero-order chi connectivity index (χ0) is 12.0. The minimum Gasteiger partial charge on any atom is -0.404 e. The molecule has 1 rings (SSSR count). The predicted octanol–water partition coefficient (Wildman–Crippen LogP) is 1.60. The van der Waals surface area contributed by atoms with Gasteiger partial charge in [0, 0.05) is 30.7 Å². The summed E-state index contributed by atoms with van der Waals surface area (Å²) in [5.74, 6) is 0. The molecule has 0 atom stereocenters. The van der Waals surface area contributed by atoms with Gasteiger partial charge >= 0.3 is 0 Å². The Labute approximate surface area is 95.1 Å². The van der Waals surface area contributed by atoms with Gasteiger partial charge in [0.15, 0.2) is 0 Å². The van der Waals surface area contributed by atoms with Crippen molar-refractivity contribution < 1.29 is 0 Å². The standard InChI is InChI=1S/C12H14N4/c1-16(7-6-13)12-4-2-10(3-5-12)11(8-14)9-15/h2-5,8-9,14H,7,15H2,1H3/b11-9+,14-8?. The van der Waals surface area contributed by atoms with Gasteiger partial charge in [-0.25, -0.2) is 0 Å². The number of benzene rings is 1. The fraction of sp³-hybridized carbons (Fsp3) is 0.167. The molecule has 0 saturated carbocycles. The maximum atomic E-state index is 8.57. The van der Waals surface area contributed by atoms with Gasteiger partial charge in [0.25, 0.3) is 0 Å². The fourth-order valence-corrected chi connectivity index (χ4v) is 1.33. The van der Waals surface area contributed by atoms with E-state index in [1.807, 2.05) is 36.2 Å². The Morgan fingerprint density at radius 1 is 1.50 bits per heavy atom. The summed E-state index contributed by atoms with van der Waals surface area (Å²) in [4.78, 5) is 1.85. The molecule has 0 aliphatic heterocycles. The predicted molar refractivity (Wildman–Crippen MR) is 66.3 cm³/mol. The van der Waals surface area contributed by atoms with Gasteiger partial charge in [-0.3, -0.25) is 0 Å². The lowest BCUT2D eigenvalue weighted by molar-refractivity contribution is 1.04. The third kappa shape index (κ3) is 2.61. The van der Waals surface area contributed by atoms with Gasteiger partial charge in [0.05, 0.1) is 6.07 Å². The van der Waals surface area contributed by atoms with Crippen LogP contribution in [0.3, 0.4) is 0 Å². The summed E-state index contributed by atoms with van der Waals surface area (Å²) in [6, 6.07) is 9.65. The zero-order valence-electron chi connectivity index (χ0n) is 9.14. The van der Waals surface area contributed by atoms with Crippen molar-refractivity contribution in [3.63, 3.8) is 0 Å². The van der Waals surface area contributed by atoms with Crippen molar-refractivity contribution in [2.45, 2.75) is 0 Å². The third-order valence-electron chi connectivity index (χ3n) is 2.28. The number of allylic oxidation sites excluding steroid dienone is 1. The molecule has 4 heteroatoms. The van der Waals surface area contributed by atoms with Crippen LogP contribution in [0.15, 0.2) is 30.5 Å². The number of hydrogen-bond donors (Lipinski definition) is 2. The molecule has 0 aromatic heterocycles. The maximum Gasteiger partial charge on any atom is 0.105 e. The Hall–Kier alpha value is -2.28. The number of anilines is 1. The van der Waals surface area contributed by atoms with E-state index in [-0.39, 0.29) is 0 Å². The molecule has 1 aromatic carbocycles. The number of nitrogens with zero attached hydrogens (tertiary/aromatic N) is 2. The minimum absolute atomic E-state index is 0.351. The summed E-state index contributed by atoms with van der Waals surface area (Å²) < 4.78 is 0. The van der Waals surface area contributed by atoms with Crippen molar-refractivity contribution in [2.75, 3.05) is 18.5 Å². The first-order chi connectivity index (χ1) is 7.72. The van der Waals surface area contributed by atoms with E-state index < -0.39 is 0 Å². The Balaban J connectivity index is 2.91. The van der Waals surface area contributed by atoms with Crippen LogP contribution in [0.2, 0.25) is 0 Å². The third-order valence-corrected chi connectivity index (χ3v) is 2.28. The molecule has 0 saturated heterocycles. The van der Waals surface area contributed by atoms with E-state index in [0.717, 1.165) is 11.3 Å². The molecule has 0 radical (unpaired) electrons. The first-order valence-corrected chi connectivity index (χ1v) is 4.83. The van der Waals surface area contributed by atoms with Gasteiger partial charge in [-0.05, 0) is 17.7 Å². The van der Waals surface area contributed by atoms with E-state index in [2.05, 4.69) is 6.07 Å². The van der Waals surface area contributed by atoms with Crippen LogP contribution in [-0.2, 0) is 0 Å². The Bertz CT molecular complexity index is 425. The lowest BCUT2D eigenvalue weighted by atomic mass is 10.1. The monoisotopic (exact) mass is 214 g/mol. The smallest absolute Gasteiger partial charge is 0.105 e. The van der Waals surface area contributed by atoms with E-state index in [4.69, 9.17) is 16.4 Å². The van der Waals surface area contributed by atoms with Crippen molar-refractivity contribution in [3.05, 3.63) is 36.0 Å². The van der Waals surface area contributed by atoms with Gasteiger partial charge in [-0.2, -0.15) is 5.26 Å². The number of rotatable bonds is 4. The highest BCUT2D eigenvalue weighted by Crippen LogP contribution is 2.17. The molecule has 0 heterocycles. The molecule has 16 heavy (non-hydrogen) atoms. The van der Waals surface area contributed by atoms with Crippen molar-refractivity contribution in [2.24, 2.45) is 5.73 Å². The summed E-state index contributed by atoms with van der Waals surface area (Å²) in [6.07, 6.45) is 2.62. The van der Waals surface area contributed by atoms with Gasteiger partial charge < -0.3 is 16.0 Å². The molecule has 0 bridgehead atoms. The molecule has 4 nitrogen and oxygen atoms in total. The van der Waals surface area contributed by atoms with Gasteiger partial charge in [-0.1, -0.05) is 12.1 Å². The van der Waals surface area contributed by atoms with Crippen LogP contribution in [0.5, 0.6) is 0 Å². The second kappa shape index (κ2) is 5.56. The minimum atomic E-state index is 0.351. The van der Waals surface area contributed by atoms with E-state index in [9.17, 15) is 0 Å². The number of nitrogens with two attached hydrogens (primary N) is 1. The van der Waals surface area contributed by atoms with Crippen LogP contribution >= 0.6 is 0 Å². The van der Waals surface area contributed by atoms with Crippen LogP contribution in [0, 0.1) is 16.7 Å². The van der Waals surface area contributed by atoms with Crippen LogP contribution in [-0.4, -0.2) is 19.8 Å². The van der Waals surface area contributed by atoms with Crippen LogP contribution < -0.4 is 10.6 Å². The van der Waals surface area contributed by atoms with Gasteiger partial charge in [-0.15, -0.1) is 0 Å². The van der Waals surface area contributed by atoms with Crippen LogP contribution in [0.4, 0.5) is 5.69 Å². The first-order valence-electron chi connectivity index (χ1n) is 4.83. The van der Waals surface area contributed by atoms with Gasteiger partial charge in [0.1, 0.15) is 6.54 Å². The first kappa shape index (κ1) is 11.8. The molecule has 0 aliphatic carbocycles. The molecule has 0 fully saturated rings. The van der Waals surface area contributed by atoms with Crippen molar-refractivity contribution in [1.29, 1.82) is 10.7 Å². The van der Waals surface area contributed by atoms with E-state index >= 15 is 0 Å². The van der Waals surface area contributed by atoms with Crippen LogP contribution in [0.25, 0.3) is 5.57 Å². The highest BCUT2D eigenvalue weighted by molar-refractivity contribution is 6.08. The average molecular weight is 214 g/mol. The SMILES string of the molecule is CN(CC#N)c1ccc(/C(C=N)=C/N)cc1. The summed E-state index contributed by atoms with van der Waals surface area (Å²) >= 11 is 0. The second-order valence-corrected chi connectivity index (χ2v) is 3.33. The molecule has 1 aromatic rings. The zero-order valence-corrected chi connectivity index (χ0v) is 9.14. The van der Waals surface area contributed by atoms with Crippen LogP contribution in [0.1, 0.15) is 5.56 Å².